The number of aromatic hydroxyl groups is 1. The number of benzene rings is 1. The summed E-state index contributed by atoms with van der Waals surface area (Å²) in [5.41, 5.74) is 0.854. The maximum atomic E-state index is 12.6. The van der Waals surface area contributed by atoms with Gasteiger partial charge in [-0.25, -0.2) is 4.98 Å². The summed E-state index contributed by atoms with van der Waals surface area (Å²) in [5.74, 6) is 1.72. The number of phenols is 1. The molecule has 1 saturated heterocycles. The number of carbonyl (C=O) groups is 1. The Labute approximate surface area is 136 Å². The van der Waals surface area contributed by atoms with Crippen molar-refractivity contribution in [2.45, 2.75) is 38.6 Å². The summed E-state index contributed by atoms with van der Waals surface area (Å²) in [7, 11) is 0. The van der Waals surface area contributed by atoms with Gasteiger partial charge in [-0.05, 0) is 37.5 Å². The third-order valence-corrected chi connectivity index (χ3v) is 4.49. The molecule has 1 unspecified atom stereocenters. The largest absolute Gasteiger partial charge is 0.508 e. The molecule has 0 bridgehead atoms. The fourth-order valence-electron chi connectivity index (χ4n) is 3.32. The second-order valence-electron chi connectivity index (χ2n) is 6.10. The molecule has 2 aromatic rings. The van der Waals surface area contributed by atoms with E-state index in [0.717, 1.165) is 43.9 Å². The molecule has 1 aliphatic heterocycles. The number of likely N-dealkylation sites (tertiary alicyclic amines) is 1. The van der Waals surface area contributed by atoms with Gasteiger partial charge in [0.2, 0.25) is 5.91 Å². The minimum Gasteiger partial charge on any atom is -0.508 e. The third kappa shape index (κ3) is 3.55. The van der Waals surface area contributed by atoms with E-state index in [4.69, 9.17) is 0 Å². The number of nitrogens with zero attached hydrogens (tertiary/aromatic N) is 3. The number of aromatic nitrogens is 2. The molecule has 122 valence electrons. The van der Waals surface area contributed by atoms with Crippen LogP contribution in [-0.2, 0) is 17.8 Å². The lowest BCUT2D eigenvalue weighted by Crippen LogP contribution is -2.40. The van der Waals surface area contributed by atoms with E-state index >= 15 is 0 Å². The Morgan fingerprint density at radius 1 is 1.43 bits per heavy atom. The quantitative estimate of drug-likeness (QED) is 0.944. The molecular weight excluding hydrogens is 290 g/mol. The number of phenolic OH excluding ortho intramolecular Hbond substituents is 1. The molecule has 1 N–H and O–H groups in total. The molecular formula is C18H23N3O2. The monoisotopic (exact) mass is 313 g/mol. The standard InChI is InChI=1S/C18H23N3O2/c1-2-20-10-8-19-18(20)15-6-4-9-21(13-15)17(23)12-14-5-3-7-16(22)11-14/h3,5,7-8,10-11,15,22H,2,4,6,9,12-13H2,1H3. The number of rotatable bonds is 4. The molecule has 0 radical (unpaired) electrons. The van der Waals surface area contributed by atoms with Crippen LogP contribution in [0.25, 0.3) is 0 Å². The first-order valence-electron chi connectivity index (χ1n) is 8.24. The van der Waals surface area contributed by atoms with Crippen LogP contribution in [0, 0.1) is 0 Å². The van der Waals surface area contributed by atoms with Gasteiger partial charge in [0.1, 0.15) is 11.6 Å². The zero-order chi connectivity index (χ0) is 16.2. The SMILES string of the molecule is CCn1ccnc1C1CCCN(C(=O)Cc2cccc(O)c2)C1. The Hall–Kier alpha value is -2.30. The highest BCUT2D eigenvalue weighted by Gasteiger charge is 2.27. The number of hydrogen-bond donors (Lipinski definition) is 1. The first kappa shape index (κ1) is 15.6. The average Bonchev–Trinajstić information content (AvgIpc) is 3.03. The van der Waals surface area contributed by atoms with E-state index in [1.54, 1.807) is 18.2 Å². The molecule has 0 spiro atoms. The number of aryl methyl sites for hydroxylation is 1. The predicted octanol–water partition coefficient (Wildman–Crippen LogP) is 2.56. The van der Waals surface area contributed by atoms with E-state index < -0.39 is 0 Å². The highest BCUT2D eigenvalue weighted by atomic mass is 16.3. The summed E-state index contributed by atoms with van der Waals surface area (Å²) in [6, 6.07) is 6.93. The fourth-order valence-corrected chi connectivity index (χ4v) is 3.32. The van der Waals surface area contributed by atoms with E-state index in [-0.39, 0.29) is 11.7 Å². The minimum atomic E-state index is 0.120. The molecule has 5 nitrogen and oxygen atoms in total. The summed E-state index contributed by atoms with van der Waals surface area (Å²) in [5, 5.41) is 9.53. The van der Waals surface area contributed by atoms with E-state index in [9.17, 15) is 9.90 Å². The van der Waals surface area contributed by atoms with Crippen molar-refractivity contribution in [1.82, 2.24) is 14.5 Å². The van der Waals surface area contributed by atoms with Crippen molar-refractivity contribution in [2.24, 2.45) is 0 Å². The van der Waals surface area contributed by atoms with Crippen LogP contribution in [0.15, 0.2) is 36.7 Å². The Morgan fingerprint density at radius 3 is 3.09 bits per heavy atom. The van der Waals surface area contributed by atoms with Crippen molar-refractivity contribution < 1.29 is 9.90 Å². The Bertz CT molecular complexity index is 680. The average molecular weight is 313 g/mol. The molecule has 1 aliphatic rings. The normalized spacial score (nSPS) is 18.1. The summed E-state index contributed by atoms with van der Waals surface area (Å²) in [4.78, 5) is 19.0. The smallest absolute Gasteiger partial charge is 0.227 e. The molecule has 0 aliphatic carbocycles. The van der Waals surface area contributed by atoms with Crippen LogP contribution in [0.3, 0.4) is 0 Å². The van der Waals surface area contributed by atoms with Gasteiger partial charge in [-0.2, -0.15) is 0 Å². The number of hydrogen-bond acceptors (Lipinski definition) is 3. The lowest BCUT2D eigenvalue weighted by molar-refractivity contribution is -0.131. The van der Waals surface area contributed by atoms with E-state index in [2.05, 4.69) is 16.5 Å². The van der Waals surface area contributed by atoms with Gasteiger partial charge in [0.25, 0.3) is 0 Å². The minimum absolute atomic E-state index is 0.120. The van der Waals surface area contributed by atoms with Crippen LogP contribution >= 0.6 is 0 Å². The second kappa shape index (κ2) is 6.86. The van der Waals surface area contributed by atoms with Crippen LogP contribution in [0.5, 0.6) is 5.75 Å². The number of carbonyl (C=O) groups excluding carboxylic acids is 1. The van der Waals surface area contributed by atoms with Crippen molar-refractivity contribution in [3.8, 4) is 5.75 Å². The second-order valence-corrected chi connectivity index (χ2v) is 6.10. The molecule has 1 aromatic heterocycles. The van der Waals surface area contributed by atoms with Crippen LogP contribution in [0.1, 0.15) is 37.1 Å². The van der Waals surface area contributed by atoms with Gasteiger partial charge >= 0.3 is 0 Å². The maximum absolute atomic E-state index is 12.6. The van der Waals surface area contributed by atoms with Crippen molar-refractivity contribution >= 4 is 5.91 Å². The first-order valence-corrected chi connectivity index (χ1v) is 8.24. The molecule has 5 heteroatoms. The molecule has 1 aromatic carbocycles. The Kier molecular flexibility index (Phi) is 4.65. The van der Waals surface area contributed by atoms with Gasteiger partial charge < -0.3 is 14.6 Å². The summed E-state index contributed by atoms with van der Waals surface area (Å²) in [6.45, 7) is 4.55. The molecule has 1 fully saturated rings. The van der Waals surface area contributed by atoms with Crippen LogP contribution in [0.4, 0.5) is 0 Å². The van der Waals surface area contributed by atoms with Gasteiger partial charge in [0.05, 0.1) is 6.42 Å². The molecule has 3 rings (SSSR count). The third-order valence-electron chi connectivity index (χ3n) is 4.49. The van der Waals surface area contributed by atoms with Gasteiger partial charge in [-0.15, -0.1) is 0 Å². The number of imidazole rings is 1. The maximum Gasteiger partial charge on any atom is 0.227 e. The van der Waals surface area contributed by atoms with Crippen molar-refractivity contribution in [3.05, 3.63) is 48.0 Å². The summed E-state index contributed by atoms with van der Waals surface area (Å²) in [6.07, 6.45) is 6.26. The molecule has 23 heavy (non-hydrogen) atoms. The van der Waals surface area contributed by atoms with Crippen LogP contribution in [-0.4, -0.2) is 38.6 Å². The highest BCUT2D eigenvalue weighted by molar-refractivity contribution is 5.79. The van der Waals surface area contributed by atoms with E-state index in [1.807, 2.05) is 23.4 Å². The zero-order valence-corrected chi connectivity index (χ0v) is 13.5. The van der Waals surface area contributed by atoms with E-state index in [0.29, 0.717) is 12.3 Å². The molecule has 2 heterocycles. The van der Waals surface area contributed by atoms with Crippen molar-refractivity contribution in [3.63, 3.8) is 0 Å². The Balaban J connectivity index is 1.67. The number of piperidine rings is 1. The van der Waals surface area contributed by atoms with Crippen LogP contribution in [0.2, 0.25) is 0 Å². The fraction of sp³-hybridized carbons (Fsp3) is 0.444. The lowest BCUT2D eigenvalue weighted by Gasteiger charge is -2.32. The highest BCUT2D eigenvalue weighted by Crippen LogP contribution is 2.26. The van der Waals surface area contributed by atoms with Crippen LogP contribution < -0.4 is 0 Å². The Morgan fingerprint density at radius 2 is 2.30 bits per heavy atom. The van der Waals surface area contributed by atoms with Gasteiger partial charge in [-0.1, -0.05) is 12.1 Å². The summed E-state index contributed by atoms with van der Waals surface area (Å²) >= 11 is 0. The zero-order valence-electron chi connectivity index (χ0n) is 13.5. The van der Waals surface area contributed by atoms with Gasteiger partial charge in [0, 0.05) is 37.9 Å². The first-order chi connectivity index (χ1) is 11.2. The van der Waals surface area contributed by atoms with Crippen molar-refractivity contribution in [1.29, 1.82) is 0 Å². The molecule has 0 saturated carbocycles. The predicted molar refractivity (Wildman–Crippen MR) is 88.3 cm³/mol. The lowest BCUT2D eigenvalue weighted by atomic mass is 9.96. The van der Waals surface area contributed by atoms with E-state index in [1.165, 1.54) is 0 Å². The topological polar surface area (TPSA) is 58.4 Å². The molecule has 1 amide bonds. The number of amides is 1. The molecule has 1 atom stereocenters. The summed E-state index contributed by atoms with van der Waals surface area (Å²) < 4.78 is 2.16. The van der Waals surface area contributed by atoms with Gasteiger partial charge in [-0.3, -0.25) is 4.79 Å². The van der Waals surface area contributed by atoms with Crippen molar-refractivity contribution in [2.75, 3.05) is 13.1 Å². The van der Waals surface area contributed by atoms with Gasteiger partial charge in [0.15, 0.2) is 0 Å².